The average molecular weight is 512 g/mol. The minimum absolute atomic E-state index is 0.211. The Hall–Kier alpha value is -2.25. The Morgan fingerprint density at radius 1 is 1.16 bits per heavy atom. The maximum Gasteiger partial charge on any atom is 0.261 e. The zero-order chi connectivity index (χ0) is 23.0. The van der Waals surface area contributed by atoms with Gasteiger partial charge in [-0.3, -0.25) is 9.59 Å². The molecule has 168 valence electrons. The van der Waals surface area contributed by atoms with Gasteiger partial charge in [0.25, 0.3) is 5.91 Å². The lowest BCUT2D eigenvalue weighted by atomic mass is 10.1. The van der Waals surface area contributed by atoms with Crippen LogP contribution in [0.5, 0.6) is 11.5 Å². The van der Waals surface area contributed by atoms with Crippen LogP contribution in [0.3, 0.4) is 0 Å². The number of hydrogen-bond donors (Lipinski definition) is 1. The summed E-state index contributed by atoms with van der Waals surface area (Å²) in [5.41, 5.74) is 0.851. The van der Waals surface area contributed by atoms with Crippen molar-refractivity contribution in [3.63, 3.8) is 0 Å². The molecule has 2 amide bonds. The quantitative estimate of drug-likeness (QED) is 0.503. The highest BCUT2D eigenvalue weighted by atomic mass is 79.9. The molecule has 2 aromatic rings. The molecule has 0 bridgehead atoms. The van der Waals surface area contributed by atoms with Gasteiger partial charge in [0.2, 0.25) is 5.91 Å². The molecule has 1 atom stereocenters. The van der Waals surface area contributed by atoms with Crippen molar-refractivity contribution in [2.75, 3.05) is 20.3 Å². The number of hydrogen-bond acceptors (Lipinski definition) is 4. The molecule has 0 aliphatic rings. The Morgan fingerprint density at radius 2 is 1.90 bits per heavy atom. The van der Waals surface area contributed by atoms with E-state index in [0.29, 0.717) is 33.5 Å². The minimum Gasteiger partial charge on any atom is -0.497 e. The Balaban J connectivity index is 2.18. The molecule has 0 aliphatic heterocycles. The summed E-state index contributed by atoms with van der Waals surface area (Å²) in [6.07, 6.45) is 0. The molecule has 0 heterocycles. The number of ether oxygens (including phenoxy) is 2. The number of rotatable bonds is 10. The zero-order valence-corrected chi connectivity index (χ0v) is 20.5. The van der Waals surface area contributed by atoms with Crippen molar-refractivity contribution < 1.29 is 19.1 Å². The van der Waals surface area contributed by atoms with Crippen LogP contribution in [0.25, 0.3) is 0 Å². The Labute approximate surface area is 197 Å². The number of nitrogens with zero attached hydrogens (tertiary/aromatic N) is 1. The maximum absolute atomic E-state index is 13.1. The summed E-state index contributed by atoms with van der Waals surface area (Å²) in [6, 6.07) is 11.8. The van der Waals surface area contributed by atoms with Gasteiger partial charge in [0, 0.05) is 18.1 Å². The molecule has 0 aliphatic carbocycles. The van der Waals surface area contributed by atoms with E-state index in [1.54, 1.807) is 32.2 Å². The Bertz CT molecular complexity index is 907. The number of carbonyl (C=O) groups excluding carboxylic acids is 2. The summed E-state index contributed by atoms with van der Waals surface area (Å²) in [7, 11) is 1.59. The van der Waals surface area contributed by atoms with E-state index in [-0.39, 0.29) is 25.0 Å². The van der Waals surface area contributed by atoms with Gasteiger partial charge in [-0.2, -0.15) is 0 Å². The molecule has 0 radical (unpaired) electrons. The number of carbonyl (C=O) groups is 2. The zero-order valence-electron chi connectivity index (χ0n) is 18.2. The van der Waals surface area contributed by atoms with E-state index in [0.717, 1.165) is 5.56 Å². The largest absolute Gasteiger partial charge is 0.497 e. The molecule has 0 saturated carbocycles. The molecule has 0 saturated heterocycles. The van der Waals surface area contributed by atoms with Crippen LogP contribution in [-0.4, -0.2) is 43.0 Å². The van der Waals surface area contributed by atoms with E-state index in [9.17, 15) is 9.59 Å². The van der Waals surface area contributed by atoms with Gasteiger partial charge in [0.1, 0.15) is 17.5 Å². The van der Waals surface area contributed by atoms with Crippen molar-refractivity contribution in [2.24, 2.45) is 5.92 Å². The molecule has 1 unspecified atom stereocenters. The third-order valence-electron chi connectivity index (χ3n) is 4.58. The summed E-state index contributed by atoms with van der Waals surface area (Å²) < 4.78 is 11.6. The first kappa shape index (κ1) is 25.0. The normalized spacial score (nSPS) is 11.7. The highest BCUT2D eigenvalue weighted by Crippen LogP contribution is 2.28. The summed E-state index contributed by atoms with van der Waals surface area (Å²) in [5, 5.41) is 3.45. The summed E-state index contributed by atoms with van der Waals surface area (Å²) in [4.78, 5) is 27.3. The van der Waals surface area contributed by atoms with Crippen LogP contribution in [0.4, 0.5) is 0 Å². The van der Waals surface area contributed by atoms with Crippen LogP contribution in [0.2, 0.25) is 5.02 Å². The molecule has 2 aromatic carbocycles. The molecule has 8 heteroatoms. The molecule has 0 aromatic heterocycles. The van der Waals surface area contributed by atoms with Crippen molar-refractivity contribution in [3.05, 3.63) is 57.5 Å². The molecule has 31 heavy (non-hydrogen) atoms. The lowest BCUT2D eigenvalue weighted by molar-refractivity contribution is -0.142. The summed E-state index contributed by atoms with van der Waals surface area (Å²) >= 11 is 9.34. The van der Waals surface area contributed by atoms with E-state index in [2.05, 4.69) is 21.2 Å². The van der Waals surface area contributed by atoms with Gasteiger partial charge >= 0.3 is 0 Å². The highest BCUT2D eigenvalue weighted by Gasteiger charge is 2.26. The van der Waals surface area contributed by atoms with Gasteiger partial charge in [0.05, 0.1) is 11.6 Å². The fourth-order valence-electron chi connectivity index (χ4n) is 2.82. The molecular formula is C23H28BrClN2O4. The first-order chi connectivity index (χ1) is 14.7. The van der Waals surface area contributed by atoms with Crippen molar-refractivity contribution >= 4 is 39.3 Å². The Kier molecular flexibility index (Phi) is 9.65. The van der Waals surface area contributed by atoms with Crippen molar-refractivity contribution in [1.82, 2.24) is 10.2 Å². The Morgan fingerprint density at radius 3 is 2.55 bits per heavy atom. The molecular weight excluding hydrogens is 484 g/mol. The van der Waals surface area contributed by atoms with Crippen LogP contribution >= 0.6 is 27.5 Å². The lowest BCUT2D eigenvalue weighted by Crippen LogP contribution is -2.49. The molecule has 6 nitrogen and oxygen atoms in total. The summed E-state index contributed by atoms with van der Waals surface area (Å²) in [6.45, 7) is 6.32. The third-order valence-corrected chi connectivity index (χ3v) is 5.44. The second-order valence-electron chi connectivity index (χ2n) is 7.55. The number of methoxy groups -OCH3 is 1. The smallest absolute Gasteiger partial charge is 0.261 e. The van der Waals surface area contributed by atoms with Crippen molar-refractivity contribution in [2.45, 2.75) is 33.4 Å². The van der Waals surface area contributed by atoms with Gasteiger partial charge in [-0.1, -0.05) is 37.6 Å². The van der Waals surface area contributed by atoms with Crippen molar-refractivity contribution in [3.8, 4) is 11.5 Å². The minimum atomic E-state index is -0.672. The van der Waals surface area contributed by atoms with E-state index in [1.807, 2.05) is 38.1 Å². The highest BCUT2D eigenvalue weighted by molar-refractivity contribution is 9.10. The summed E-state index contributed by atoms with van der Waals surface area (Å²) in [5.74, 6) is 0.970. The lowest BCUT2D eigenvalue weighted by Gasteiger charge is -2.29. The second kappa shape index (κ2) is 12.0. The first-order valence-electron chi connectivity index (χ1n) is 9.99. The van der Waals surface area contributed by atoms with Gasteiger partial charge in [-0.05, 0) is 64.7 Å². The average Bonchev–Trinajstić information content (AvgIpc) is 2.74. The SMILES string of the molecule is COc1cccc(CN(C(=O)COc2ccc(Cl)cc2Br)C(C)C(=O)NCC(C)C)c1. The van der Waals surface area contributed by atoms with Crippen LogP contribution < -0.4 is 14.8 Å². The van der Waals surface area contributed by atoms with Gasteiger partial charge in [-0.25, -0.2) is 0 Å². The van der Waals surface area contributed by atoms with E-state index in [1.165, 1.54) is 4.90 Å². The number of nitrogens with one attached hydrogen (secondary N) is 1. The van der Waals surface area contributed by atoms with E-state index >= 15 is 0 Å². The second-order valence-corrected chi connectivity index (χ2v) is 8.84. The van der Waals surface area contributed by atoms with Gasteiger partial charge < -0.3 is 19.7 Å². The predicted octanol–water partition coefficient (Wildman–Crippen LogP) is 4.68. The molecule has 2 rings (SSSR count). The topological polar surface area (TPSA) is 67.9 Å². The standard InChI is InChI=1S/C23H28BrClN2O4/c1-15(2)12-26-23(29)16(3)27(13-17-6-5-7-19(10-17)30-4)22(28)14-31-21-9-8-18(25)11-20(21)24/h5-11,15-16H,12-14H2,1-4H3,(H,26,29). The molecule has 0 spiro atoms. The molecule has 1 N–H and O–H groups in total. The fourth-order valence-corrected chi connectivity index (χ4v) is 3.61. The fraction of sp³-hybridized carbons (Fsp3) is 0.391. The van der Waals surface area contributed by atoms with Gasteiger partial charge in [-0.15, -0.1) is 0 Å². The van der Waals surface area contributed by atoms with Crippen LogP contribution in [0.1, 0.15) is 26.3 Å². The molecule has 0 fully saturated rings. The van der Waals surface area contributed by atoms with Gasteiger partial charge in [0.15, 0.2) is 6.61 Å². The number of halogens is 2. The van der Waals surface area contributed by atoms with E-state index in [4.69, 9.17) is 21.1 Å². The van der Waals surface area contributed by atoms with Crippen molar-refractivity contribution in [1.29, 1.82) is 0 Å². The predicted molar refractivity (Wildman–Crippen MR) is 126 cm³/mol. The van der Waals surface area contributed by atoms with Crippen LogP contribution in [0, 0.1) is 5.92 Å². The van der Waals surface area contributed by atoms with Crippen LogP contribution in [0.15, 0.2) is 46.9 Å². The number of amides is 2. The first-order valence-corrected chi connectivity index (χ1v) is 11.2. The van der Waals surface area contributed by atoms with Crippen LogP contribution in [-0.2, 0) is 16.1 Å². The monoisotopic (exact) mass is 510 g/mol. The third kappa shape index (κ3) is 7.74. The maximum atomic E-state index is 13.1. The van der Waals surface area contributed by atoms with E-state index < -0.39 is 6.04 Å². The number of benzene rings is 2.